The van der Waals surface area contributed by atoms with Crippen LogP contribution < -0.4 is 14.4 Å². The summed E-state index contributed by atoms with van der Waals surface area (Å²) in [4.78, 5) is 12.7. The Labute approximate surface area is 189 Å². The standard InChI is InChI=1S/C22H29ClN2O5S/c1-16(2)30-13-5-12-24-22(26)15-25(20-14-18(23)8-11-21(20)29-4)31(27,28)19-9-6-17(3)7-10-19/h6-11,14,16H,5,12-13,15H2,1-4H3,(H,24,26). The van der Waals surface area contributed by atoms with E-state index >= 15 is 0 Å². The van der Waals surface area contributed by atoms with Crippen LogP contribution in [0, 0.1) is 6.92 Å². The summed E-state index contributed by atoms with van der Waals surface area (Å²) in [7, 11) is -2.62. The molecule has 1 N–H and O–H groups in total. The summed E-state index contributed by atoms with van der Waals surface area (Å²) in [5.41, 5.74) is 1.11. The molecular weight excluding hydrogens is 440 g/mol. The van der Waals surface area contributed by atoms with Crippen LogP contribution in [-0.4, -0.2) is 47.2 Å². The number of anilines is 1. The number of benzene rings is 2. The van der Waals surface area contributed by atoms with E-state index in [0.717, 1.165) is 9.87 Å². The van der Waals surface area contributed by atoms with Gasteiger partial charge in [-0.25, -0.2) is 8.42 Å². The highest BCUT2D eigenvalue weighted by atomic mass is 35.5. The molecule has 2 rings (SSSR count). The van der Waals surface area contributed by atoms with Crippen molar-refractivity contribution in [1.29, 1.82) is 0 Å². The summed E-state index contributed by atoms with van der Waals surface area (Å²) in [5.74, 6) is -0.152. The van der Waals surface area contributed by atoms with Crippen LogP contribution in [0.5, 0.6) is 5.75 Å². The van der Waals surface area contributed by atoms with Crippen LogP contribution in [0.3, 0.4) is 0 Å². The molecule has 0 heterocycles. The SMILES string of the molecule is COc1ccc(Cl)cc1N(CC(=O)NCCCOC(C)C)S(=O)(=O)c1ccc(C)cc1. The second-order valence-corrected chi connectivity index (χ2v) is 9.56. The van der Waals surface area contributed by atoms with Gasteiger partial charge in [0, 0.05) is 18.2 Å². The van der Waals surface area contributed by atoms with Crippen LogP contribution in [0.1, 0.15) is 25.8 Å². The zero-order valence-electron chi connectivity index (χ0n) is 18.2. The highest BCUT2D eigenvalue weighted by Gasteiger charge is 2.29. The van der Waals surface area contributed by atoms with E-state index in [1.54, 1.807) is 24.3 Å². The van der Waals surface area contributed by atoms with Crippen LogP contribution in [0.4, 0.5) is 5.69 Å². The maximum Gasteiger partial charge on any atom is 0.264 e. The number of hydrogen-bond acceptors (Lipinski definition) is 5. The van der Waals surface area contributed by atoms with Gasteiger partial charge >= 0.3 is 0 Å². The largest absolute Gasteiger partial charge is 0.495 e. The second-order valence-electron chi connectivity index (χ2n) is 7.26. The molecule has 0 saturated carbocycles. The van der Waals surface area contributed by atoms with Crippen molar-refractivity contribution in [3.8, 4) is 5.75 Å². The molecule has 0 unspecified atom stereocenters. The van der Waals surface area contributed by atoms with Gasteiger partial charge in [-0.3, -0.25) is 9.10 Å². The maximum atomic E-state index is 13.4. The van der Waals surface area contributed by atoms with E-state index in [1.807, 2.05) is 20.8 Å². The first-order valence-corrected chi connectivity index (χ1v) is 11.8. The van der Waals surface area contributed by atoms with E-state index in [1.165, 1.54) is 25.3 Å². The molecule has 1 amide bonds. The van der Waals surface area contributed by atoms with Crippen molar-refractivity contribution in [3.63, 3.8) is 0 Å². The smallest absolute Gasteiger partial charge is 0.264 e. The van der Waals surface area contributed by atoms with Crippen LogP contribution in [-0.2, 0) is 19.6 Å². The van der Waals surface area contributed by atoms with Gasteiger partial charge in [0.25, 0.3) is 10.0 Å². The van der Waals surface area contributed by atoms with E-state index in [0.29, 0.717) is 30.3 Å². The second kappa shape index (κ2) is 11.4. The fourth-order valence-electron chi connectivity index (χ4n) is 2.80. The first-order valence-electron chi connectivity index (χ1n) is 9.96. The van der Waals surface area contributed by atoms with Crippen LogP contribution in [0.25, 0.3) is 0 Å². The molecule has 0 bridgehead atoms. The third-order valence-electron chi connectivity index (χ3n) is 4.40. The molecule has 2 aromatic carbocycles. The number of nitrogens with zero attached hydrogens (tertiary/aromatic N) is 1. The normalized spacial score (nSPS) is 11.4. The number of rotatable bonds is 11. The van der Waals surface area contributed by atoms with Gasteiger partial charge in [-0.2, -0.15) is 0 Å². The lowest BCUT2D eigenvalue weighted by Crippen LogP contribution is -2.41. The topological polar surface area (TPSA) is 84.9 Å². The Morgan fingerprint density at radius 2 is 1.84 bits per heavy atom. The molecule has 2 aromatic rings. The highest BCUT2D eigenvalue weighted by Crippen LogP contribution is 2.34. The Bertz CT molecular complexity index is 978. The summed E-state index contributed by atoms with van der Waals surface area (Å²) in [5, 5.41) is 3.07. The molecule has 0 atom stereocenters. The van der Waals surface area contributed by atoms with Gasteiger partial charge in [0.1, 0.15) is 12.3 Å². The van der Waals surface area contributed by atoms with Gasteiger partial charge in [0.15, 0.2) is 0 Å². The predicted octanol–water partition coefficient (Wildman–Crippen LogP) is 3.78. The zero-order valence-corrected chi connectivity index (χ0v) is 19.8. The predicted molar refractivity (Wildman–Crippen MR) is 122 cm³/mol. The quantitative estimate of drug-likeness (QED) is 0.507. The number of carbonyl (C=O) groups is 1. The van der Waals surface area contributed by atoms with Gasteiger partial charge in [-0.15, -0.1) is 0 Å². The number of sulfonamides is 1. The molecular formula is C22H29ClN2O5S. The number of methoxy groups -OCH3 is 1. The monoisotopic (exact) mass is 468 g/mol. The van der Waals surface area contributed by atoms with Gasteiger partial charge in [-0.05, 0) is 57.5 Å². The summed E-state index contributed by atoms with van der Waals surface area (Å²) < 4.78 is 38.7. The van der Waals surface area contributed by atoms with Gasteiger partial charge < -0.3 is 14.8 Å². The third kappa shape index (κ3) is 7.12. The van der Waals surface area contributed by atoms with Gasteiger partial charge in [-0.1, -0.05) is 29.3 Å². The van der Waals surface area contributed by atoms with E-state index in [9.17, 15) is 13.2 Å². The number of halogens is 1. The minimum atomic E-state index is -4.05. The Morgan fingerprint density at radius 3 is 2.45 bits per heavy atom. The molecule has 0 spiro atoms. The maximum absolute atomic E-state index is 13.4. The lowest BCUT2D eigenvalue weighted by atomic mass is 10.2. The Morgan fingerprint density at radius 1 is 1.16 bits per heavy atom. The van der Waals surface area contributed by atoms with E-state index in [2.05, 4.69) is 5.32 Å². The lowest BCUT2D eigenvalue weighted by molar-refractivity contribution is -0.119. The molecule has 9 heteroatoms. The van der Waals surface area contributed by atoms with Crippen molar-refractivity contribution in [2.75, 3.05) is 31.1 Å². The fraction of sp³-hybridized carbons (Fsp3) is 0.409. The number of amides is 1. The number of carbonyl (C=O) groups excluding carboxylic acids is 1. The van der Waals surface area contributed by atoms with Crippen molar-refractivity contribution in [3.05, 3.63) is 53.1 Å². The molecule has 0 fully saturated rings. The number of aryl methyl sites for hydroxylation is 1. The first-order chi connectivity index (χ1) is 14.6. The Hall–Kier alpha value is -2.29. The van der Waals surface area contributed by atoms with Gasteiger partial charge in [0.2, 0.25) is 5.91 Å². The molecule has 0 radical (unpaired) electrons. The molecule has 31 heavy (non-hydrogen) atoms. The van der Waals surface area contributed by atoms with Crippen LogP contribution in [0.15, 0.2) is 47.4 Å². The Balaban J connectivity index is 2.30. The molecule has 0 aliphatic heterocycles. The summed E-state index contributed by atoms with van der Waals surface area (Å²) in [6.45, 7) is 6.19. The van der Waals surface area contributed by atoms with Crippen molar-refractivity contribution in [1.82, 2.24) is 5.32 Å². The molecule has 0 aromatic heterocycles. The van der Waals surface area contributed by atoms with E-state index in [-0.39, 0.29) is 16.7 Å². The molecule has 0 saturated heterocycles. The molecule has 7 nitrogen and oxygen atoms in total. The third-order valence-corrected chi connectivity index (χ3v) is 6.41. The van der Waals surface area contributed by atoms with Crippen LogP contribution in [0.2, 0.25) is 5.02 Å². The van der Waals surface area contributed by atoms with Gasteiger partial charge in [0.05, 0.1) is 23.8 Å². The number of hydrogen-bond donors (Lipinski definition) is 1. The number of nitrogens with one attached hydrogen (secondary N) is 1. The lowest BCUT2D eigenvalue weighted by Gasteiger charge is -2.26. The minimum absolute atomic E-state index is 0.0678. The van der Waals surface area contributed by atoms with Crippen molar-refractivity contribution in [2.45, 2.75) is 38.2 Å². The zero-order chi connectivity index (χ0) is 23.0. The van der Waals surface area contributed by atoms with E-state index < -0.39 is 22.5 Å². The first kappa shape index (κ1) is 25.0. The number of ether oxygens (including phenoxy) is 2. The average Bonchev–Trinajstić information content (AvgIpc) is 2.71. The van der Waals surface area contributed by atoms with E-state index in [4.69, 9.17) is 21.1 Å². The highest BCUT2D eigenvalue weighted by molar-refractivity contribution is 7.92. The van der Waals surface area contributed by atoms with Crippen molar-refractivity contribution in [2.24, 2.45) is 0 Å². The van der Waals surface area contributed by atoms with Crippen LogP contribution >= 0.6 is 11.6 Å². The fourth-order valence-corrected chi connectivity index (χ4v) is 4.39. The minimum Gasteiger partial charge on any atom is -0.495 e. The molecule has 0 aliphatic rings. The average molecular weight is 469 g/mol. The summed E-state index contributed by atoms with van der Waals surface area (Å²) in [6, 6.07) is 11.1. The summed E-state index contributed by atoms with van der Waals surface area (Å²) >= 11 is 6.12. The van der Waals surface area contributed by atoms with Crippen molar-refractivity contribution >= 4 is 33.2 Å². The van der Waals surface area contributed by atoms with Crippen molar-refractivity contribution < 1.29 is 22.7 Å². The molecule has 0 aliphatic carbocycles. The molecule has 170 valence electrons. The Kier molecular flexibility index (Phi) is 9.15. The summed E-state index contributed by atoms with van der Waals surface area (Å²) in [6.07, 6.45) is 0.732.